The molecule has 0 bridgehead atoms. The zero-order valence-electron chi connectivity index (χ0n) is 17.0. The van der Waals surface area contributed by atoms with Gasteiger partial charge in [-0.3, -0.25) is 4.79 Å². The third-order valence-corrected chi connectivity index (χ3v) is 8.73. The lowest BCUT2D eigenvalue weighted by Crippen LogP contribution is -2.35. The van der Waals surface area contributed by atoms with Gasteiger partial charge in [-0.2, -0.15) is 0 Å². The van der Waals surface area contributed by atoms with E-state index in [2.05, 4.69) is 14.9 Å². The second-order valence-electron chi connectivity index (χ2n) is 8.08. The largest absolute Gasteiger partial charge is 0.412 e. The maximum absolute atomic E-state index is 12.8. The van der Waals surface area contributed by atoms with Crippen molar-refractivity contribution >= 4 is 27.3 Å². The Kier molecular flexibility index (Phi) is 6.84. The highest BCUT2D eigenvalue weighted by Crippen LogP contribution is 2.29. The first-order chi connectivity index (χ1) is 14.5. The predicted molar refractivity (Wildman–Crippen MR) is 114 cm³/mol. The molecular formula is C20H28N4O4S2. The van der Waals surface area contributed by atoms with Gasteiger partial charge in [0.05, 0.1) is 5.56 Å². The number of rotatable bonds is 5. The van der Waals surface area contributed by atoms with Crippen molar-refractivity contribution in [2.24, 2.45) is 0 Å². The summed E-state index contributed by atoms with van der Waals surface area (Å²) in [7, 11) is -3.60. The van der Waals surface area contributed by atoms with Crippen molar-refractivity contribution < 1.29 is 17.6 Å². The fourth-order valence-corrected chi connectivity index (χ4v) is 6.55. The van der Waals surface area contributed by atoms with Crippen LogP contribution in [0.15, 0.2) is 20.1 Å². The fourth-order valence-electron chi connectivity index (χ4n) is 4.08. The fraction of sp³-hybridized carbons (Fsp3) is 0.650. The number of hydrogen-bond acceptors (Lipinski definition) is 7. The van der Waals surface area contributed by atoms with Gasteiger partial charge in [0.25, 0.3) is 0 Å². The number of thiophene rings is 1. The summed E-state index contributed by atoms with van der Waals surface area (Å²) in [5.74, 6) is -0.142. The van der Waals surface area contributed by atoms with Gasteiger partial charge in [0.2, 0.25) is 15.9 Å². The molecule has 1 aliphatic carbocycles. The molecule has 0 atom stereocenters. The highest BCUT2D eigenvalue weighted by molar-refractivity contribution is 7.91. The van der Waals surface area contributed by atoms with E-state index in [4.69, 9.17) is 4.42 Å². The molecule has 2 fully saturated rings. The summed E-state index contributed by atoms with van der Waals surface area (Å²) in [5, 5.41) is 9.52. The first-order valence-corrected chi connectivity index (χ1v) is 13.1. The van der Waals surface area contributed by atoms with Gasteiger partial charge in [0, 0.05) is 24.5 Å². The van der Waals surface area contributed by atoms with Gasteiger partial charge in [0.1, 0.15) is 4.21 Å². The van der Waals surface area contributed by atoms with E-state index in [-0.39, 0.29) is 27.9 Å². The number of nitrogens with zero attached hydrogens (tertiary/aromatic N) is 3. The minimum atomic E-state index is -3.60. The monoisotopic (exact) mass is 452 g/mol. The molecule has 0 aromatic carbocycles. The topological polar surface area (TPSA) is 105 Å². The molecule has 1 amide bonds. The van der Waals surface area contributed by atoms with Crippen LogP contribution in [0.1, 0.15) is 74.9 Å². The minimum Gasteiger partial charge on any atom is -0.412 e. The molecule has 1 N–H and O–H groups in total. The number of amides is 1. The highest BCUT2D eigenvalue weighted by atomic mass is 32.2. The van der Waals surface area contributed by atoms with E-state index in [1.165, 1.54) is 6.42 Å². The number of carbonyl (C=O) groups is 1. The number of aromatic nitrogens is 2. The Morgan fingerprint density at radius 2 is 1.70 bits per heavy atom. The average Bonchev–Trinajstić information content (AvgIpc) is 3.40. The standard InChI is InChI=1S/C20H28N4O4S2/c25-20(24-11-7-4-8-12-24)19-22-21-18(28-19)15-13-17(29-14-15)30(26,27)23-16-9-5-2-1-3-6-10-16/h13-14,16,23H,1-12H2. The number of sulfonamides is 1. The molecule has 1 saturated carbocycles. The van der Waals surface area contributed by atoms with E-state index in [1.807, 2.05) is 0 Å². The molecule has 10 heteroatoms. The Bertz CT molecular complexity index is 955. The molecule has 4 rings (SSSR count). The van der Waals surface area contributed by atoms with E-state index in [1.54, 1.807) is 16.3 Å². The van der Waals surface area contributed by atoms with Crippen LogP contribution in [0.25, 0.3) is 11.5 Å². The number of hydrogen-bond donors (Lipinski definition) is 1. The number of nitrogens with one attached hydrogen (secondary N) is 1. The molecule has 2 aliphatic rings. The SMILES string of the molecule is O=C(c1nnc(-c2csc(S(=O)(=O)NC3CCCCCCC3)c2)o1)N1CCCCC1. The van der Waals surface area contributed by atoms with Crippen molar-refractivity contribution in [3.63, 3.8) is 0 Å². The Hall–Kier alpha value is -1.78. The first-order valence-electron chi connectivity index (χ1n) is 10.8. The predicted octanol–water partition coefficient (Wildman–Crippen LogP) is 3.82. The second-order valence-corrected chi connectivity index (χ2v) is 10.9. The van der Waals surface area contributed by atoms with Crippen molar-refractivity contribution in [1.29, 1.82) is 0 Å². The Labute approximate surface area is 181 Å². The maximum Gasteiger partial charge on any atom is 0.311 e. The molecular weight excluding hydrogens is 424 g/mol. The summed E-state index contributed by atoms with van der Waals surface area (Å²) >= 11 is 1.12. The van der Waals surface area contributed by atoms with Crippen LogP contribution in [0.2, 0.25) is 0 Å². The van der Waals surface area contributed by atoms with Crippen LogP contribution in [0.4, 0.5) is 0 Å². The molecule has 2 aromatic heterocycles. The van der Waals surface area contributed by atoms with Crippen molar-refractivity contribution in [3.8, 4) is 11.5 Å². The van der Waals surface area contributed by atoms with Crippen LogP contribution in [-0.2, 0) is 10.0 Å². The Morgan fingerprint density at radius 1 is 1.03 bits per heavy atom. The van der Waals surface area contributed by atoms with E-state index in [0.717, 1.165) is 69.1 Å². The molecule has 1 aliphatic heterocycles. The number of carbonyl (C=O) groups excluding carboxylic acids is 1. The van der Waals surface area contributed by atoms with Crippen molar-refractivity contribution in [3.05, 3.63) is 17.3 Å². The molecule has 2 aromatic rings. The van der Waals surface area contributed by atoms with Gasteiger partial charge in [0.15, 0.2) is 0 Å². The zero-order chi connectivity index (χ0) is 21.0. The van der Waals surface area contributed by atoms with E-state index >= 15 is 0 Å². The smallest absolute Gasteiger partial charge is 0.311 e. The van der Waals surface area contributed by atoms with Crippen LogP contribution < -0.4 is 4.72 Å². The van der Waals surface area contributed by atoms with E-state index in [9.17, 15) is 13.2 Å². The first kappa shape index (κ1) is 21.5. The lowest BCUT2D eigenvalue weighted by molar-refractivity contribution is 0.0684. The average molecular weight is 453 g/mol. The van der Waals surface area contributed by atoms with Crippen LogP contribution in [0.5, 0.6) is 0 Å². The van der Waals surface area contributed by atoms with Crippen molar-refractivity contribution in [1.82, 2.24) is 19.8 Å². The second kappa shape index (κ2) is 9.57. The van der Waals surface area contributed by atoms with E-state index in [0.29, 0.717) is 18.7 Å². The summed E-state index contributed by atoms with van der Waals surface area (Å²) in [6.45, 7) is 1.40. The third-order valence-electron chi connectivity index (χ3n) is 5.77. The summed E-state index contributed by atoms with van der Waals surface area (Å²) in [5.41, 5.74) is 0.517. The lowest BCUT2D eigenvalue weighted by Gasteiger charge is -2.24. The molecule has 0 radical (unpaired) electrons. The van der Waals surface area contributed by atoms with Gasteiger partial charge < -0.3 is 9.32 Å². The van der Waals surface area contributed by atoms with Gasteiger partial charge >= 0.3 is 11.8 Å². The van der Waals surface area contributed by atoms with Crippen LogP contribution in [0.3, 0.4) is 0 Å². The zero-order valence-corrected chi connectivity index (χ0v) is 18.6. The molecule has 0 unspecified atom stereocenters. The molecule has 1 saturated heterocycles. The normalized spacial score (nSPS) is 19.4. The molecule has 0 spiro atoms. The van der Waals surface area contributed by atoms with Gasteiger partial charge in [-0.05, 0) is 38.2 Å². The summed E-state index contributed by atoms with van der Waals surface area (Å²) in [4.78, 5) is 14.2. The van der Waals surface area contributed by atoms with Gasteiger partial charge in [-0.25, -0.2) is 13.1 Å². The third kappa shape index (κ3) is 5.09. The molecule has 3 heterocycles. The molecule has 164 valence electrons. The number of likely N-dealkylation sites (tertiary alicyclic amines) is 1. The summed E-state index contributed by atoms with van der Waals surface area (Å²) in [6, 6.07) is 1.52. The molecule has 30 heavy (non-hydrogen) atoms. The Morgan fingerprint density at radius 3 is 2.43 bits per heavy atom. The minimum absolute atomic E-state index is 0.0157. The van der Waals surface area contributed by atoms with Crippen LogP contribution in [0, 0.1) is 0 Å². The van der Waals surface area contributed by atoms with Gasteiger partial charge in [-0.1, -0.05) is 32.1 Å². The summed E-state index contributed by atoms with van der Waals surface area (Å²) in [6.07, 6.45) is 10.5. The highest BCUT2D eigenvalue weighted by Gasteiger charge is 2.26. The Balaban J connectivity index is 1.44. The van der Waals surface area contributed by atoms with Crippen molar-refractivity contribution in [2.45, 2.75) is 74.5 Å². The number of piperidine rings is 1. The van der Waals surface area contributed by atoms with E-state index < -0.39 is 10.0 Å². The summed E-state index contributed by atoms with van der Waals surface area (Å²) < 4.78 is 34.3. The lowest BCUT2D eigenvalue weighted by atomic mass is 9.97. The van der Waals surface area contributed by atoms with Crippen LogP contribution >= 0.6 is 11.3 Å². The maximum atomic E-state index is 12.8. The quantitative estimate of drug-likeness (QED) is 0.739. The van der Waals surface area contributed by atoms with Crippen LogP contribution in [-0.4, -0.2) is 48.6 Å². The van der Waals surface area contributed by atoms with Gasteiger partial charge in [-0.15, -0.1) is 21.5 Å². The van der Waals surface area contributed by atoms with Crippen molar-refractivity contribution in [2.75, 3.05) is 13.1 Å². The molecule has 8 nitrogen and oxygen atoms in total.